The van der Waals surface area contributed by atoms with Crippen LogP contribution in [-0.2, 0) is 6.42 Å². The minimum Gasteiger partial charge on any atom is -0.471 e. The molecule has 7 heteroatoms. The first-order chi connectivity index (χ1) is 12.6. The van der Waals surface area contributed by atoms with E-state index < -0.39 is 0 Å². The molecule has 1 aliphatic rings. The highest BCUT2D eigenvalue weighted by Crippen LogP contribution is 2.17. The van der Waals surface area contributed by atoms with Crippen molar-refractivity contribution in [2.45, 2.75) is 18.9 Å². The number of aromatic nitrogens is 2. The lowest BCUT2D eigenvalue weighted by Crippen LogP contribution is -2.40. The first-order valence-corrected chi connectivity index (χ1v) is 8.86. The Kier molecular flexibility index (Phi) is 5.88. The van der Waals surface area contributed by atoms with Crippen LogP contribution in [0.1, 0.15) is 12.0 Å². The molecule has 138 valence electrons. The normalized spacial score (nSPS) is 16.4. The third-order valence-corrected chi connectivity index (χ3v) is 4.34. The quantitative estimate of drug-likeness (QED) is 0.858. The molecule has 1 saturated heterocycles. The minimum atomic E-state index is -0.0469. The van der Waals surface area contributed by atoms with Crippen LogP contribution in [0.4, 0.5) is 10.6 Å². The molecule has 1 fully saturated rings. The van der Waals surface area contributed by atoms with Crippen LogP contribution in [0, 0.1) is 0 Å². The number of benzene rings is 1. The average molecular weight is 355 g/mol. The van der Waals surface area contributed by atoms with E-state index in [1.165, 1.54) is 5.56 Å². The van der Waals surface area contributed by atoms with Crippen molar-refractivity contribution in [3.8, 4) is 5.88 Å². The molecule has 0 radical (unpaired) electrons. The number of hydrogen-bond donors (Lipinski definition) is 1. The lowest BCUT2D eigenvalue weighted by atomic mass is 10.1. The van der Waals surface area contributed by atoms with E-state index >= 15 is 0 Å². The summed E-state index contributed by atoms with van der Waals surface area (Å²) in [4.78, 5) is 16.0. The number of carbonyl (C=O) groups excluding carboxylic acids is 1. The second-order valence-corrected chi connectivity index (χ2v) is 6.57. The van der Waals surface area contributed by atoms with Crippen LogP contribution in [0.5, 0.6) is 5.88 Å². The van der Waals surface area contributed by atoms with Crippen LogP contribution in [0.2, 0.25) is 0 Å². The maximum Gasteiger partial charge on any atom is 0.317 e. The molecule has 0 aliphatic carbocycles. The van der Waals surface area contributed by atoms with Gasteiger partial charge >= 0.3 is 6.03 Å². The summed E-state index contributed by atoms with van der Waals surface area (Å²) in [6, 6.07) is 13.8. The number of nitrogens with zero attached hydrogens (tertiary/aromatic N) is 4. The second kappa shape index (κ2) is 8.51. The number of rotatable bonds is 6. The maximum absolute atomic E-state index is 12.3. The SMILES string of the molecule is CN(C)c1ccc(OC2CCN(C(=O)NCCc3ccccc3)C2)nn1. The number of amides is 2. The Morgan fingerprint density at radius 3 is 2.73 bits per heavy atom. The predicted octanol–water partition coefficient (Wildman–Crippen LogP) is 1.95. The van der Waals surface area contributed by atoms with Gasteiger partial charge in [0.2, 0.25) is 5.88 Å². The summed E-state index contributed by atoms with van der Waals surface area (Å²) in [5, 5.41) is 11.2. The Balaban J connectivity index is 1.42. The van der Waals surface area contributed by atoms with Gasteiger partial charge in [0.15, 0.2) is 5.82 Å². The van der Waals surface area contributed by atoms with Crippen LogP contribution in [0.15, 0.2) is 42.5 Å². The molecule has 7 nitrogen and oxygen atoms in total. The van der Waals surface area contributed by atoms with Gasteiger partial charge in [-0.05, 0) is 18.1 Å². The van der Waals surface area contributed by atoms with Gasteiger partial charge in [-0.3, -0.25) is 0 Å². The predicted molar refractivity (Wildman–Crippen MR) is 101 cm³/mol. The molecule has 1 atom stereocenters. The fourth-order valence-corrected chi connectivity index (χ4v) is 2.86. The van der Waals surface area contributed by atoms with Gasteiger partial charge in [-0.25, -0.2) is 4.79 Å². The summed E-state index contributed by atoms with van der Waals surface area (Å²) in [5.74, 6) is 1.27. The fourth-order valence-electron chi connectivity index (χ4n) is 2.86. The molecule has 26 heavy (non-hydrogen) atoms. The van der Waals surface area contributed by atoms with E-state index in [2.05, 4.69) is 27.6 Å². The lowest BCUT2D eigenvalue weighted by Gasteiger charge is -2.18. The van der Waals surface area contributed by atoms with Crippen molar-refractivity contribution in [3.05, 3.63) is 48.0 Å². The molecule has 0 saturated carbocycles. The number of ether oxygens (including phenoxy) is 1. The first kappa shape index (κ1) is 18.0. The third-order valence-electron chi connectivity index (χ3n) is 4.34. The van der Waals surface area contributed by atoms with Crippen LogP contribution in [-0.4, -0.2) is 61.0 Å². The van der Waals surface area contributed by atoms with Crippen molar-refractivity contribution in [1.29, 1.82) is 0 Å². The van der Waals surface area contributed by atoms with E-state index in [1.54, 1.807) is 4.90 Å². The van der Waals surface area contributed by atoms with Crippen molar-refractivity contribution in [2.24, 2.45) is 0 Å². The fraction of sp³-hybridized carbons (Fsp3) is 0.421. The average Bonchev–Trinajstić information content (AvgIpc) is 3.11. The van der Waals surface area contributed by atoms with Gasteiger partial charge in [-0.1, -0.05) is 30.3 Å². The molecular weight excluding hydrogens is 330 g/mol. The number of nitrogens with one attached hydrogen (secondary N) is 1. The van der Waals surface area contributed by atoms with Crippen LogP contribution >= 0.6 is 0 Å². The van der Waals surface area contributed by atoms with Crippen molar-refractivity contribution < 1.29 is 9.53 Å². The molecule has 0 spiro atoms. The zero-order valence-electron chi connectivity index (χ0n) is 15.3. The monoisotopic (exact) mass is 355 g/mol. The Hall–Kier alpha value is -2.83. The van der Waals surface area contributed by atoms with Gasteiger partial charge in [0.25, 0.3) is 0 Å². The van der Waals surface area contributed by atoms with E-state index in [9.17, 15) is 4.79 Å². The Bertz CT molecular complexity index is 706. The van der Waals surface area contributed by atoms with Gasteiger partial charge < -0.3 is 19.9 Å². The number of hydrogen-bond acceptors (Lipinski definition) is 5. The van der Waals surface area contributed by atoms with Gasteiger partial charge in [0.05, 0.1) is 6.54 Å². The van der Waals surface area contributed by atoms with E-state index in [-0.39, 0.29) is 12.1 Å². The molecule has 1 N–H and O–H groups in total. The molecule has 2 aromatic rings. The Morgan fingerprint density at radius 2 is 2.04 bits per heavy atom. The smallest absolute Gasteiger partial charge is 0.317 e. The van der Waals surface area contributed by atoms with E-state index in [4.69, 9.17) is 4.74 Å². The van der Waals surface area contributed by atoms with Crippen LogP contribution < -0.4 is 15.0 Å². The summed E-state index contributed by atoms with van der Waals surface area (Å²) in [7, 11) is 3.82. The summed E-state index contributed by atoms with van der Waals surface area (Å²) < 4.78 is 5.85. The molecule has 1 unspecified atom stereocenters. The molecule has 2 amide bonds. The molecular formula is C19H25N5O2. The molecule has 3 rings (SSSR count). The minimum absolute atomic E-state index is 0.0407. The van der Waals surface area contributed by atoms with E-state index in [1.807, 2.05) is 49.3 Å². The molecule has 1 aliphatic heterocycles. The van der Waals surface area contributed by atoms with Gasteiger partial charge in [-0.15, -0.1) is 10.2 Å². The Morgan fingerprint density at radius 1 is 1.23 bits per heavy atom. The number of carbonyl (C=O) groups is 1. The van der Waals surface area contributed by atoms with Crippen molar-refractivity contribution in [1.82, 2.24) is 20.4 Å². The van der Waals surface area contributed by atoms with Gasteiger partial charge in [0, 0.05) is 39.7 Å². The van der Waals surface area contributed by atoms with E-state index in [0.29, 0.717) is 25.5 Å². The van der Waals surface area contributed by atoms with E-state index in [0.717, 1.165) is 18.7 Å². The lowest BCUT2D eigenvalue weighted by molar-refractivity contribution is 0.182. The maximum atomic E-state index is 12.3. The summed E-state index contributed by atoms with van der Waals surface area (Å²) in [6.45, 7) is 1.88. The van der Waals surface area contributed by atoms with Gasteiger partial charge in [-0.2, -0.15) is 0 Å². The molecule has 1 aromatic heterocycles. The van der Waals surface area contributed by atoms with Crippen LogP contribution in [0.25, 0.3) is 0 Å². The zero-order chi connectivity index (χ0) is 18.4. The largest absolute Gasteiger partial charge is 0.471 e. The first-order valence-electron chi connectivity index (χ1n) is 8.86. The number of likely N-dealkylation sites (tertiary alicyclic amines) is 1. The van der Waals surface area contributed by atoms with Crippen molar-refractivity contribution >= 4 is 11.8 Å². The number of urea groups is 1. The summed E-state index contributed by atoms with van der Waals surface area (Å²) in [5.41, 5.74) is 1.22. The van der Waals surface area contributed by atoms with Crippen LogP contribution in [0.3, 0.4) is 0 Å². The zero-order valence-corrected chi connectivity index (χ0v) is 15.3. The summed E-state index contributed by atoms with van der Waals surface area (Å²) >= 11 is 0. The highest BCUT2D eigenvalue weighted by molar-refractivity contribution is 5.74. The highest BCUT2D eigenvalue weighted by atomic mass is 16.5. The molecule has 0 bridgehead atoms. The highest BCUT2D eigenvalue weighted by Gasteiger charge is 2.27. The third kappa shape index (κ3) is 4.84. The topological polar surface area (TPSA) is 70.6 Å². The molecule has 2 heterocycles. The van der Waals surface area contributed by atoms with Crippen molar-refractivity contribution in [3.63, 3.8) is 0 Å². The molecule has 1 aromatic carbocycles. The standard InChI is InChI=1S/C19H25N5O2/c1-23(2)17-8-9-18(22-21-17)26-16-11-13-24(14-16)19(25)20-12-10-15-6-4-3-5-7-15/h3-9,16H,10-14H2,1-2H3,(H,20,25). The van der Waals surface area contributed by atoms with Crippen molar-refractivity contribution in [2.75, 3.05) is 38.6 Å². The number of anilines is 1. The van der Waals surface area contributed by atoms with Gasteiger partial charge in [0.1, 0.15) is 6.10 Å². The second-order valence-electron chi connectivity index (χ2n) is 6.57. The summed E-state index contributed by atoms with van der Waals surface area (Å²) in [6.07, 6.45) is 1.58. The Labute approximate surface area is 154 Å².